The van der Waals surface area contributed by atoms with Crippen molar-refractivity contribution in [3.8, 4) is 0 Å². The number of rotatable bonds is 2. The largest absolute Gasteiger partial charge is 0.477 e. The van der Waals surface area contributed by atoms with Gasteiger partial charge in [0.15, 0.2) is 0 Å². The zero-order chi connectivity index (χ0) is 11.9. The van der Waals surface area contributed by atoms with Crippen molar-refractivity contribution in [2.75, 3.05) is 0 Å². The Bertz CT molecular complexity index is 406. The van der Waals surface area contributed by atoms with Crippen LogP contribution in [0.3, 0.4) is 0 Å². The first-order chi connectivity index (χ1) is 7.49. The summed E-state index contributed by atoms with van der Waals surface area (Å²) in [4.78, 5) is 34.3. The molecule has 0 bridgehead atoms. The molecule has 0 aromatic heterocycles. The average molecular weight is 242 g/mol. The van der Waals surface area contributed by atoms with Gasteiger partial charge in [-0.25, -0.2) is 4.79 Å². The molecule has 0 radical (unpaired) electrons. The lowest BCUT2D eigenvalue weighted by atomic mass is 10.1. The minimum atomic E-state index is -1.14. The van der Waals surface area contributed by atoms with E-state index in [1.807, 2.05) is 0 Å². The lowest BCUT2D eigenvalue weighted by molar-refractivity contribution is -0.146. The molecule has 2 amide bonds. The first-order valence-corrected chi connectivity index (χ1v) is 5.63. The lowest BCUT2D eigenvalue weighted by Gasteiger charge is -2.44. The number of nitrogens with zero attached hydrogens (tertiary/aromatic N) is 1. The summed E-state index contributed by atoms with van der Waals surface area (Å²) in [5.74, 6) is -1.56. The molecule has 0 saturated carbocycles. The van der Waals surface area contributed by atoms with Crippen molar-refractivity contribution in [2.45, 2.75) is 24.1 Å². The summed E-state index contributed by atoms with van der Waals surface area (Å²) < 4.78 is 0. The molecule has 86 valence electrons. The van der Waals surface area contributed by atoms with Gasteiger partial charge in [0.1, 0.15) is 5.70 Å². The Hall–Kier alpha value is -1.50. The second kappa shape index (κ2) is 3.82. The summed E-state index contributed by atoms with van der Waals surface area (Å²) in [5, 5.41) is 11.0. The molecule has 2 N–H and O–H groups in total. The van der Waals surface area contributed by atoms with Crippen molar-refractivity contribution < 1.29 is 19.5 Å². The fourth-order valence-corrected chi connectivity index (χ4v) is 3.04. The number of hydrogen-bond acceptors (Lipinski definition) is 4. The van der Waals surface area contributed by atoms with Gasteiger partial charge >= 0.3 is 5.97 Å². The molecule has 1 unspecified atom stereocenters. The Morgan fingerprint density at radius 3 is 2.81 bits per heavy atom. The van der Waals surface area contributed by atoms with E-state index in [1.165, 1.54) is 29.7 Å². The monoisotopic (exact) mass is 242 g/mol. The van der Waals surface area contributed by atoms with Crippen molar-refractivity contribution in [1.82, 2.24) is 10.2 Å². The van der Waals surface area contributed by atoms with Gasteiger partial charge in [-0.2, -0.15) is 0 Å². The van der Waals surface area contributed by atoms with Crippen LogP contribution in [0.25, 0.3) is 0 Å². The molecule has 2 atom stereocenters. The predicted octanol–water partition coefficient (Wildman–Crippen LogP) is -0.278. The Labute approximate surface area is 95.7 Å². The number of carboxylic acids is 1. The maximum atomic E-state index is 11.2. The molecule has 1 fully saturated rings. The van der Waals surface area contributed by atoms with Gasteiger partial charge in [0.05, 0.1) is 17.2 Å². The van der Waals surface area contributed by atoms with E-state index in [1.54, 1.807) is 0 Å². The Morgan fingerprint density at radius 2 is 2.31 bits per heavy atom. The number of carboxylic acid groups (broad SMARTS) is 1. The van der Waals surface area contributed by atoms with Gasteiger partial charge < -0.3 is 10.4 Å². The van der Waals surface area contributed by atoms with Crippen molar-refractivity contribution in [3.05, 3.63) is 11.8 Å². The lowest BCUT2D eigenvalue weighted by Crippen LogP contribution is -2.55. The highest BCUT2D eigenvalue weighted by atomic mass is 32.2. The first-order valence-electron chi connectivity index (χ1n) is 4.69. The van der Waals surface area contributed by atoms with Crippen molar-refractivity contribution >= 4 is 29.5 Å². The van der Waals surface area contributed by atoms with Gasteiger partial charge in [-0.3, -0.25) is 14.5 Å². The molecule has 2 rings (SSSR count). The maximum Gasteiger partial charge on any atom is 0.352 e. The molecule has 2 aliphatic rings. The van der Waals surface area contributed by atoms with Crippen LogP contribution in [0.2, 0.25) is 0 Å². The summed E-state index contributed by atoms with van der Waals surface area (Å²) in [6.07, 6.45) is 1.72. The van der Waals surface area contributed by atoms with E-state index >= 15 is 0 Å². The van der Waals surface area contributed by atoms with Crippen LogP contribution < -0.4 is 5.32 Å². The number of carbonyl (C=O) groups is 3. The molecule has 7 heteroatoms. The number of nitrogens with one attached hydrogen (secondary N) is 1. The van der Waals surface area contributed by atoms with E-state index < -0.39 is 5.97 Å². The van der Waals surface area contributed by atoms with Crippen LogP contribution in [0.1, 0.15) is 13.3 Å². The fraction of sp³-hybridized carbons (Fsp3) is 0.444. The molecule has 2 heterocycles. The SMILES string of the molecule is CC(=O)NC1C=C(C(=O)O)N2C(=O)C[C@@H]2S1. The number of aliphatic carboxylic acids is 1. The van der Waals surface area contributed by atoms with Crippen LogP contribution in [0.5, 0.6) is 0 Å². The van der Waals surface area contributed by atoms with Crippen LogP contribution >= 0.6 is 11.8 Å². The first kappa shape index (κ1) is 11.0. The molecule has 0 aromatic carbocycles. The second-order valence-electron chi connectivity index (χ2n) is 3.54. The van der Waals surface area contributed by atoms with Crippen LogP contribution in [-0.4, -0.2) is 38.5 Å². The van der Waals surface area contributed by atoms with Crippen molar-refractivity contribution in [2.24, 2.45) is 0 Å². The minimum Gasteiger partial charge on any atom is -0.477 e. The normalized spacial score (nSPS) is 27.7. The molecule has 0 aliphatic carbocycles. The van der Waals surface area contributed by atoms with E-state index in [0.717, 1.165) is 0 Å². The van der Waals surface area contributed by atoms with Crippen LogP contribution in [0.15, 0.2) is 11.8 Å². The summed E-state index contributed by atoms with van der Waals surface area (Å²) in [6.45, 7) is 1.37. The number of carbonyl (C=O) groups excluding carboxylic acids is 2. The number of hydrogen-bond donors (Lipinski definition) is 2. The van der Waals surface area contributed by atoms with Crippen LogP contribution in [-0.2, 0) is 14.4 Å². The van der Waals surface area contributed by atoms with Gasteiger partial charge in [-0.15, -0.1) is 11.8 Å². The van der Waals surface area contributed by atoms with Gasteiger partial charge in [0, 0.05) is 6.92 Å². The summed E-state index contributed by atoms with van der Waals surface area (Å²) >= 11 is 1.37. The van der Waals surface area contributed by atoms with E-state index in [0.29, 0.717) is 6.42 Å². The highest BCUT2D eigenvalue weighted by Gasteiger charge is 2.45. The smallest absolute Gasteiger partial charge is 0.352 e. The molecular weight excluding hydrogens is 232 g/mol. The standard InChI is InChI=1S/C9H10N2O4S/c1-4(12)10-6-2-5(9(14)15)11-7(13)3-8(11)16-6/h2,6,8H,3H2,1H3,(H,10,12)(H,14,15)/t6?,8-/m0/s1. The Kier molecular flexibility index (Phi) is 2.63. The number of β-lactam (4-membered cyclic amide) rings is 1. The summed E-state index contributed by atoms with van der Waals surface area (Å²) in [5.41, 5.74) is -0.0428. The molecule has 16 heavy (non-hydrogen) atoms. The van der Waals surface area contributed by atoms with Gasteiger partial charge in [0.25, 0.3) is 0 Å². The predicted molar refractivity (Wildman–Crippen MR) is 56.2 cm³/mol. The van der Waals surface area contributed by atoms with Gasteiger partial charge in [0.2, 0.25) is 11.8 Å². The second-order valence-corrected chi connectivity index (χ2v) is 4.86. The van der Waals surface area contributed by atoms with Crippen molar-refractivity contribution in [3.63, 3.8) is 0 Å². The third-order valence-electron chi connectivity index (χ3n) is 2.34. The van der Waals surface area contributed by atoms with E-state index in [9.17, 15) is 14.4 Å². The quantitative estimate of drug-likeness (QED) is 0.650. The zero-order valence-corrected chi connectivity index (χ0v) is 9.28. The van der Waals surface area contributed by atoms with E-state index in [2.05, 4.69) is 5.32 Å². The zero-order valence-electron chi connectivity index (χ0n) is 8.47. The summed E-state index contributed by atoms with van der Waals surface area (Å²) in [6, 6.07) is 0. The fourth-order valence-electron chi connectivity index (χ4n) is 1.67. The maximum absolute atomic E-state index is 11.2. The molecule has 1 saturated heterocycles. The topological polar surface area (TPSA) is 86.7 Å². The van der Waals surface area contributed by atoms with Crippen molar-refractivity contribution in [1.29, 1.82) is 0 Å². The molecular formula is C9H10N2O4S. The van der Waals surface area contributed by atoms with E-state index in [-0.39, 0.29) is 28.3 Å². The minimum absolute atomic E-state index is 0.0428. The molecule has 2 aliphatic heterocycles. The highest BCUT2D eigenvalue weighted by molar-refractivity contribution is 8.00. The number of amides is 2. The average Bonchev–Trinajstić information content (AvgIpc) is 2.14. The third-order valence-corrected chi connectivity index (χ3v) is 3.58. The van der Waals surface area contributed by atoms with Crippen LogP contribution in [0.4, 0.5) is 0 Å². The van der Waals surface area contributed by atoms with E-state index in [4.69, 9.17) is 5.11 Å². The van der Waals surface area contributed by atoms with Gasteiger partial charge in [-0.05, 0) is 6.08 Å². The Morgan fingerprint density at radius 1 is 1.62 bits per heavy atom. The Balaban J connectivity index is 2.21. The molecule has 0 spiro atoms. The van der Waals surface area contributed by atoms with Crippen LogP contribution in [0, 0.1) is 0 Å². The van der Waals surface area contributed by atoms with Gasteiger partial charge in [-0.1, -0.05) is 0 Å². The third kappa shape index (κ3) is 1.78. The highest BCUT2D eigenvalue weighted by Crippen LogP contribution is 2.39. The molecule has 0 aromatic rings. The number of fused-ring (bicyclic) bond motifs is 1. The summed E-state index contributed by atoms with van der Waals surface area (Å²) in [7, 11) is 0. The molecule has 6 nitrogen and oxygen atoms in total. The number of thioether (sulfide) groups is 1.